The van der Waals surface area contributed by atoms with Crippen molar-refractivity contribution in [1.82, 2.24) is 0 Å². The summed E-state index contributed by atoms with van der Waals surface area (Å²) in [6, 6.07) is 7.95. The quantitative estimate of drug-likeness (QED) is 0.633. The van der Waals surface area contributed by atoms with Crippen LogP contribution >= 0.6 is 11.6 Å². The van der Waals surface area contributed by atoms with Crippen molar-refractivity contribution in [3.8, 4) is 0 Å². The molecule has 0 aromatic heterocycles. The predicted molar refractivity (Wildman–Crippen MR) is 58.9 cm³/mol. The van der Waals surface area contributed by atoms with Gasteiger partial charge in [0.15, 0.2) is 0 Å². The lowest BCUT2D eigenvalue weighted by Crippen LogP contribution is -1.79. The van der Waals surface area contributed by atoms with E-state index in [9.17, 15) is 0 Å². The smallest absolute Gasteiger partial charge is 0.0406 e. The van der Waals surface area contributed by atoms with Crippen molar-refractivity contribution in [2.24, 2.45) is 0 Å². The van der Waals surface area contributed by atoms with Gasteiger partial charge in [0.25, 0.3) is 0 Å². The first kappa shape index (κ1) is 10.3. The van der Waals surface area contributed by atoms with Gasteiger partial charge >= 0.3 is 0 Å². The molecule has 1 radical (unpaired) electrons. The summed E-state index contributed by atoms with van der Waals surface area (Å²) in [7, 11) is 0. The first-order valence-electron chi connectivity index (χ1n) is 4.51. The summed E-state index contributed by atoms with van der Waals surface area (Å²) in [6.07, 6.45) is 7.36. The SMILES string of the molecule is [CH2]CCC=CCc1ccc(Cl)cc1. The minimum Gasteiger partial charge on any atom is -0.0882 e. The fourth-order valence-corrected chi connectivity index (χ4v) is 1.20. The molecule has 0 bridgehead atoms. The van der Waals surface area contributed by atoms with E-state index in [4.69, 9.17) is 11.6 Å². The Morgan fingerprint density at radius 2 is 1.85 bits per heavy atom. The van der Waals surface area contributed by atoms with E-state index in [1.807, 2.05) is 12.1 Å². The third kappa shape index (κ3) is 4.14. The van der Waals surface area contributed by atoms with E-state index in [1.165, 1.54) is 5.56 Å². The van der Waals surface area contributed by atoms with Gasteiger partial charge < -0.3 is 0 Å². The molecule has 0 saturated heterocycles. The first-order chi connectivity index (χ1) is 6.33. The van der Waals surface area contributed by atoms with Crippen LogP contribution in [0.25, 0.3) is 0 Å². The molecule has 0 aliphatic heterocycles. The van der Waals surface area contributed by atoms with E-state index >= 15 is 0 Å². The maximum atomic E-state index is 5.77. The van der Waals surface area contributed by atoms with Crippen LogP contribution in [0.5, 0.6) is 0 Å². The second kappa shape index (κ2) is 5.82. The second-order valence-electron chi connectivity index (χ2n) is 2.94. The molecule has 0 N–H and O–H groups in total. The van der Waals surface area contributed by atoms with Gasteiger partial charge in [0.2, 0.25) is 0 Å². The van der Waals surface area contributed by atoms with E-state index < -0.39 is 0 Å². The molecule has 1 aromatic carbocycles. The Morgan fingerprint density at radius 1 is 1.15 bits per heavy atom. The summed E-state index contributed by atoms with van der Waals surface area (Å²) in [5.41, 5.74) is 1.30. The van der Waals surface area contributed by atoms with Gasteiger partial charge in [0, 0.05) is 5.02 Å². The number of unbranched alkanes of at least 4 members (excludes halogenated alkanes) is 1. The highest BCUT2D eigenvalue weighted by Crippen LogP contribution is 2.10. The van der Waals surface area contributed by atoms with Gasteiger partial charge in [-0.25, -0.2) is 0 Å². The Balaban J connectivity index is 2.41. The molecule has 1 rings (SSSR count). The van der Waals surface area contributed by atoms with Gasteiger partial charge in [-0.15, -0.1) is 0 Å². The first-order valence-corrected chi connectivity index (χ1v) is 4.89. The molecule has 0 heterocycles. The molecule has 0 aliphatic carbocycles. The van der Waals surface area contributed by atoms with E-state index in [-0.39, 0.29) is 0 Å². The standard InChI is InChI=1S/C12H14Cl/c1-2-3-4-5-6-11-7-9-12(13)10-8-11/h4-5,7-10H,1-3,6H2. The van der Waals surface area contributed by atoms with Crippen LogP contribution in [0.3, 0.4) is 0 Å². The lowest BCUT2D eigenvalue weighted by atomic mass is 10.1. The molecule has 0 spiro atoms. The van der Waals surface area contributed by atoms with Crippen molar-refractivity contribution in [2.45, 2.75) is 19.3 Å². The monoisotopic (exact) mass is 193 g/mol. The van der Waals surface area contributed by atoms with Crippen molar-refractivity contribution in [2.75, 3.05) is 0 Å². The molecule has 13 heavy (non-hydrogen) atoms. The van der Waals surface area contributed by atoms with Crippen LogP contribution in [0, 0.1) is 6.92 Å². The number of rotatable bonds is 4. The zero-order valence-electron chi connectivity index (χ0n) is 7.67. The van der Waals surface area contributed by atoms with E-state index in [2.05, 4.69) is 31.2 Å². The fraction of sp³-hybridized carbons (Fsp3) is 0.250. The molecular weight excluding hydrogens is 180 g/mol. The number of benzene rings is 1. The summed E-state index contributed by atoms with van der Waals surface area (Å²) in [4.78, 5) is 0. The zero-order valence-corrected chi connectivity index (χ0v) is 8.43. The Kier molecular flexibility index (Phi) is 4.63. The van der Waals surface area contributed by atoms with Crippen molar-refractivity contribution < 1.29 is 0 Å². The predicted octanol–water partition coefficient (Wildman–Crippen LogP) is 4.05. The highest BCUT2D eigenvalue weighted by Gasteiger charge is 1.88. The van der Waals surface area contributed by atoms with Crippen molar-refractivity contribution in [3.05, 3.63) is 53.9 Å². The largest absolute Gasteiger partial charge is 0.0882 e. The number of hydrogen-bond donors (Lipinski definition) is 0. The molecule has 0 atom stereocenters. The third-order valence-corrected chi connectivity index (χ3v) is 2.06. The molecule has 1 heteroatoms. The Labute approximate surface area is 85.2 Å². The summed E-state index contributed by atoms with van der Waals surface area (Å²) in [6.45, 7) is 3.77. The Morgan fingerprint density at radius 3 is 2.46 bits per heavy atom. The minimum atomic E-state index is 0.797. The van der Waals surface area contributed by atoms with Crippen LogP contribution in [0.2, 0.25) is 5.02 Å². The molecule has 0 amide bonds. The molecule has 0 unspecified atom stereocenters. The number of allylic oxidation sites excluding steroid dienone is 2. The van der Waals surface area contributed by atoms with Gasteiger partial charge in [0.1, 0.15) is 0 Å². The van der Waals surface area contributed by atoms with Gasteiger partial charge in [-0.2, -0.15) is 0 Å². The topological polar surface area (TPSA) is 0 Å². The van der Waals surface area contributed by atoms with Crippen molar-refractivity contribution >= 4 is 11.6 Å². The highest BCUT2D eigenvalue weighted by molar-refractivity contribution is 6.30. The normalized spacial score (nSPS) is 10.9. The van der Waals surface area contributed by atoms with Crippen molar-refractivity contribution in [3.63, 3.8) is 0 Å². The van der Waals surface area contributed by atoms with E-state index in [1.54, 1.807) is 0 Å². The third-order valence-electron chi connectivity index (χ3n) is 1.80. The van der Waals surface area contributed by atoms with Crippen LogP contribution < -0.4 is 0 Å². The van der Waals surface area contributed by atoms with Crippen LogP contribution in [0.15, 0.2) is 36.4 Å². The minimum absolute atomic E-state index is 0.797. The summed E-state index contributed by atoms with van der Waals surface area (Å²) < 4.78 is 0. The lowest BCUT2D eigenvalue weighted by molar-refractivity contribution is 1.04. The fourth-order valence-electron chi connectivity index (χ4n) is 1.08. The Hall–Kier alpha value is -0.750. The second-order valence-corrected chi connectivity index (χ2v) is 3.38. The maximum absolute atomic E-state index is 5.77. The molecule has 0 nitrogen and oxygen atoms in total. The van der Waals surface area contributed by atoms with Gasteiger partial charge in [-0.3, -0.25) is 0 Å². The van der Waals surface area contributed by atoms with Crippen molar-refractivity contribution in [1.29, 1.82) is 0 Å². The highest BCUT2D eigenvalue weighted by atomic mass is 35.5. The van der Waals surface area contributed by atoms with Crippen LogP contribution in [-0.4, -0.2) is 0 Å². The average Bonchev–Trinajstić information content (AvgIpc) is 2.15. The lowest BCUT2D eigenvalue weighted by Gasteiger charge is -1.95. The average molecular weight is 194 g/mol. The van der Waals surface area contributed by atoms with Gasteiger partial charge in [-0.1, -0.05) is 42.8 Å². The maximum Gasteiger partial charge on any atom is 0.0406 e. The van der Waals surface area contributed by atoms with E-state index in [0.717, 1.165) is 24.3 Å². The molecule has 0 aliphatic rings. The Bertz CT molecular complexity index is 259. The molecule has 0 saturated carbocycles. The van der Waals surface area contributed by atoms with Gasteiger partial charge in [0.05, 0.1) is 0 Å². The van der Waals surface area contributed by atoms with Crippen LogP contribution in [0.4, 0.5) is 0 Å². The van der Waals surface area contributed by atoms with Crippen LogP contribution in [0.1, 0.15) is 18.4 Å². The van der Waals surface area contributed by atoms with E-state index in [0.29, 0.717) is 0 Å². The summed E-state index contributed by atoms with van der Waals surface area (Å²) in [5.74, 6) is 0. The number of hydrogen-bond acceptors (Lipinski definition) is 0. The summed E-state index contributed by atoms with van der Waals surface area (Å²) in [5, 5.41) is 0.797. The molecule has 1 aromatic rings. The van der Waals surface area contributed by atoms with Gasteiger partial charge in [-0.05, 0) is 37.0 Å². The zero-order chi connectivity index (χ0) is 9.52. The molecular formula is C12H14Cl. The summed E-state index contributed by atoms with van der Waals surface area (Å²) >= 11 is 5.77. The molecule has 0 fully saturated rings. The number of halogens is 1. The molecule has 69 valence electrons. The van der Waals surface area contributed by atoms with Crippen LogP contribution in [-0.2, 0) is 6.42 Å².